The molecule has 1 amide bonds. The third-order valence-corrected chi connectivity index (χ3v) is 7.42. The molecule has 1 aliphatic heterocycles. The Morgan fingerprint density at radius 2 is 1.68 bits per heavy atom. The van der Waals surface area contributed by atoms with Crippen molar-refractivity contribution in [2.45, 2.75) is 57.1 Å². The SMILES string of the molecule is CCN(Cc1ccc(C(=O)N2CCC(NS(=O)(=O)c3ccccc3)CC2)cc1)C(C)C. The highest BCUT2D eigenvalue weighted by molar-refractivity contribution is 7.89. The van der Waals surface area contributed by atoms with Crippen LogP contribution in [0.4, 0.5) is 0 Å². The van der Waals surface area contributed by atoms with Crippen LogP contribution in [0.2, 0.25) is 0 Å². The van der Waals surface area contributed by atoms with E-state index >= 15 is 0 Å². The number of likely N-dealkylation sites (tertiary alicyclic amines) is 1. The summed E-state index contributed by atoms with van der Waals surface area (Å²) in [5, 5.41) is 0. The van der Waals surface area contributed by atoms with Gasteiger partial charge in [-0.05, 0) is 63.1 Å². The fourth-order valence-electron chi connectivity index (χ4n) is 3.92. The summed E-state index contributed by atoms with van der Waals surface area (Å²) >= 11 is 0. The molecular weight excluding hydrogens is 410 g/mol. The molecule has 168 valence electrons. The number of carbonyl (C=O) groups excluding carboxylic acids is 1. The Balaban J connectivity index is 1.54. The van der Waals surface area contributed by atoms with Gasteiger partial charge in [0.2, 0.25) is 10.0 Å². The standard InChI is InChI=1S/C24H33N3O3S/c1-4-26(19(2)3)18-20-10-12-21(13-11-20)24(28)27-16-14-22(15-17-27)25-31(29,30)23-8-6-5-7-9-23/h5-13,19,22,25H,4,14-18H2,1-3H3. The predicted molar refractivity (Wildman–Crippen MR) is 123 cm³/mol. The quantitative estimate of drug-likeness (QED) is 0.678. The number of benzene rings is 2. The molecule has 1 saturated heterocycles. The van der Waals surface area contributed by atoms with Crippen LogP contribution in [0.5, 0.6) is 0 Å². The summed E-state index contributed by atoms with van der Waals surface area (Å²) in [6.45, 7) is 9.47. The van der Waals surface area contributed by atoms with Crippen molar-refractivity contribution in [3.8, 4) is 0 Å². The summed E-state index contributed by atoms with van der Waals surface area (Å²) < 4.78 is 27.8. The Bertz CT molecular complexity index is 951. The summed E-state index contributed by atoms with van der Waals surface area (Å²) in [6.07, 6.45) is 1.21. The number of nitrogens with one attached hydrogen (secondary N) is 1. The Kier molecular flexibility index (Phi) is 7.86. The highest BCUT2D eigenvalue weighted by Gasteiger charge is 2.27. The van der Waals surface area contributed by atoms with E-state index in [1.165, 1.54) is 5.56 Å². The second kappa shape index (κ2) is 10.4. The van der Waals surface area contributed by atoms with Gasteiger partial charge in [0.25, 0.3) is 5.91 Å². The molecule has 0 atom stereocenters. The van der Waals surface area contributed by atoms with Gasteiger partial charge >= 0.3 is 0 Å². The van der Waals surface area contributed by atoms with Crippen LogP contribution in [0.15, 0.2) is 59.5 Å². The first-order chi connectivity index (χ1) is 14.8. The van der Waals surface area contributed by atoms with E-state index < -0.39 is 10.0 Å². The van der Waals surface area contributed by atoms with Crippen LogP contribution in [-0.2, 0) is 16.6 Å². The molecule has 1 heterocycles. The molecule has 3 rings (SSSR count). The average Bonchev–Trinajstić information content (AvgIpc) is 2.78. The molecule has 2 aromatic rings. The van der Waals surface area contributed by atoms with Crippen LogP contribution >= 0.6 is 0 Å². The van der Waals surface area contributed by atoms with Gasteiger partial charge in [-0.3, -0.25) is 9.69 Å². The normalized spacial score (nSPS) is 15.6. The van der Waals surface area contributed by atoms with E-state index in [4.69, 9.17) is 0 Å². The molecule has 2 aromatic carbocycles. The van der Waals surface area contributed by atoms with Crippen molar-refractivity contribution in [2.75, 3.05) is 19.6 Å². The molecule has 0 aliphatic carbocycles. The highest BCUT2D eigenvalue weighted by atomic mass is 32.2. The summed E-state index contributed by atoms with van der Waals surface area (Å²) in [5.74, 6) is 0.00660. The van der Waals surface area contributed by atoms with Crippen molar-refractivity contribution in [1.82, 2.24) is 14.5 Å². The van der Waals surface area contributed by atoms with Gasteiger partial charge in [0.05, 0.1) is 4.90 Å². The maximum Gasteiger partial charge on any atom is 0.253 e. The second-order valence-corrected chi connectivity index (χ2v) is 10.1. The molecule has 6 nitrogen and oxygen atoms in total. The van der Waals surface area contributed by atoms with Crippen molar-refractivity contribution < 1.29 is 13.2 Å². The van der Waals surface area contributed by atoms with Crippen molar-refractivity contribution in [3.63, 3.8) is 0 Å². The van der Waals surface area contributed by atoms with Gasteiger partial charge in [0.15, 0.2) is 0 Å². The van der Waals surface area contributed by atoms with Crippen LogP contribution in [0, 0.1) is 0 Å². The number of nitrogens with zero attached hydrogens (tertiary/aromatic N) is 2. The fourth-order valence-corrected chi connectivity index (χ4v) is 5.24. The maximum absolute atomic E-state index is 12.9. The molecule has 0 saturated carbocycles. The van der Waals surface area contributed by atoms with E-state index in [-0.39, 0.29) is 16.8 Å². The van der Waals surface area contributed by atoms with Gasteiger partial charge in [0.1, 0.15) is 0 Å². The molecule has 0 unspecified atom stereocenters. The van der Waals surface area contributed by atoms with Crippen molar-refractivity contribution >= 4 is 15.9 Å². The number of sulfonamides is 1. The number of carbonyl (C=O) groups is 1. The van der Waals surface area contributed by atoms with Crippen molar-refractivity contribution in [3.05, 3.63) is 65.7 Å². The molecule has 1 N–H and O–H groups in total. The van der Waals surface area contributed by atoms with E-state index in [1.54, 1.807) is 30.3 Å². The van der Waals surface area contributed by atoms with Gasteiger partial charge < -0.3 is 4.90 Å². The van der Waals surface area contributed by atoms with Crippen molar-refractivity contribution in [1.29, 1.82) is 0 Å². The van der Waals surface area contributed by atoms with Gasteiger partial charge in [-0.15, -0.1) is 0 Å². The minimum atomic E-state index is -3.53. The van der Waals surface area contributed by atoms with Crippen molar-refractivity contribution in [2.24, 2.45) is 0 Å². The first-order valence-corrected chi connectivity index (χ1v) is 12.5. The molecule has 1 fully saturated rings. The lowest BCUT2D eigenvalue weighted by molar-refractivity contribution is 0.0711. The lowest BCUT2D eigenvalue weighted by atomic mass is 10.0. The third-order valence-electron chi connectivity index (χ3n) is 5.88. The van der Waals surface area contributed by atoms with E-state index in [1.807, 2.05) is 29.2 Å². The number of hydrogen-bond acceptors (Lipinski definition) is 4. The Labute approximate surface area is 186 Å². The molecule has 0 bridgehead atoms. The number of piperidine rings is 1. The summed E-state index contributed by atoms with van der Waals surface area (Å²) in [7, 11) is -3.53. The van der Waals surface area contributed by atoms with Crippen LogP contribution in [0.1, 0.15) is 49.5 Å². The molecule has 7 heteroatoms. The van der Waals surface area contributed by atoms with Crippen LogP contribution in [0.25, 0.3) is 0 Å². The Hall–Kier alpha value is -2.22. The predicted octanol–water partition coefficient (Wildman–Crippen LogP) is 3.50. The van der Waals surface area contributed by atoms with Crippen LogP contribution in [-0.4, -0.2) is 55.8 Å². The number of rotatable bonds is 8. The largest absolute Gasteiger partial charge is 0.339 e. The molecule has 0 spiro atoms. The maximum atomic E-state index is 12.9. The fraction of sp³-hybridized carbons (Fsp3) is 0.458. The zero-order valence-electron chi connectivity index (χ0n) is 18.6. The van der Waals surface area contributed by atoms with Crippen LogP contribution < -0.4 is 4.72 Å². The topological polar surface area (TPSA) is 69.7 Å². The molecule has 1 aliphatic rings. The summed E-state index contributed by atoms with van der Waals surface area (Å²) in [6, 6.07) is 16.6. The van der Waals surface area contributed by atoms with Gasteiger partial charge in [-0.1, -0.05) is 37.3 Å². The number of amides is 1. The molecule has 0 radical (unpaired) electrons. The zero-order valence-corrected chi connectivity index (χ0v) is 19.4. The molecular formula is C24H33N3O3S. The molecule has 31 heavy (non-hydrogen) atoms. The first kappa shape index (κ1) is 23.4. The Morgan fingerprint density at radius 1 is 1.06 bits per heavy atom. The zero-order chi connectivity index (χ0) is 22.4. The minimum Gasteiger partial charge on any atom is -0.339 e. The summed E-state index contributed by atoms with van der Waals surface area (Å²) in [4.78, 5) is 17.3. The minimum absolute atomic E-state index is 0.00660. The van der Waals surface area contributed by atoms with Crippen LogP contribution in [0.3, 0.4) is 0 Å². The van der Waals surface area contributed by atoms with E-state index in [0.717, 1.165) is 13.1 Å². The van der Waals surface area contributed by atoms with E-state index in [9.17, 15) is 13.2 Å². The van der Waals surface area contributed by atoms with E-state index in [0.29, 0.717) is 37.5 Å². The number of hydrogen-bond donors (Lipinski definition) is 1. The lowest BCUT2D eigenvalue weighted by Gasteiger charge is -2.32. The third kappa shape index (κ3) is 6.15. The first-order valence-electron chi connectivity index (χ1n) is 11.0. The van der Waals surface area contributed by atoms with E-state index in [2.05, 4.69) is 30.4 Å². The van der Waals surface area contributed by atoms with Gasteiger partial charge in [-0.2, -0.15) is 0 Å². The second-order valence-electron chi connectivity index (χ2n) is 8.35. The van der Waals surface area contributed by atoms with Gasteiger partial charge in [-0.25, -0.2) is 13.1 Å². The monoisotopic (exact) mass is 443 g/mol. The lowest BCUT2D eigenvalue weighted by Crippen LogP contribution is -2.46. The molecule has 0 aromatic heterocycles. The Morgan fingerprint density at radius 3 is 2.23 bits per heavy atom. The van der Waals surface area contributed by atoms with Gasteiger partial charge in [0, 0.05) is 37.3 Å². The average molecular weight is 444 g/mol. The smallest absolute Gasteiger partial charge is 0.253 e. The highest BCUT2D eigenvalue weighted by Crippen LogP contribution is 2.18. The summed E-state index contributed by atoms with van der Waals surface area (Å²) in [5.41, 5.74) is 1.88.